The number of nitrogens with one attached hydrogen (secondary N) is 2. The molecule has 154 valence electrons. The van der Waals surface area contributed by atoms with Crippen LogP contribution in [0.4, 0.5) is 23.2 Å². The van der Waals surface area contributed by atoms with Gasteiger partial charge in [-0.05, 0) is 48.0 Å². The number of benzene rings is 2. The third-order valence-corrected chi connectivity index (χ3v) is 4.11. The summed E-state index contributed by atoms with van der Waals surface area (Å²) < 4.78 is 51.8. The van der Waals surface area contributed by atoms with E-state index >= 15 is 0 Å². The van der Waals surface area contributed by atoms with Crippen LogP contribution in [0.15, 0.2) is 67.0 Å². The quantitative estimate of drug-likeness (QED) is 0.604. The molecule has 0 fully saturated rings. The van der Waals surface area contributed by atoms with E-state index in [-0.39, 0.29) is 18.0 Å². The zero-order chi connectivity index (χ0) is 21.7. The second-order valence-corrected chi connectivity index (χ2v) is 6.27. The number of pyridine rings is 1. The predicted molar refractivity (Wildman–Crippen MR) is 101 cm³/mol. The molecule has 0 aliphatic heterocycles. The largest absolute Gasteiger partial charge is 0.419 e. The second kappa shape index (κ2) is 8.73. The number of halogens is 4. The molecule has 1 aromatic heterocycles. The van der Waals surface area contributed by atoms with Crippen molar-refractivity contribution in [3.63, 3.8) is 0 Å². The van der Waals surface area contributed by atoms with Crippen molar-refractivity contribution in [2.24, 2.45) is 0 Å². The van der Waals surface area contributed by atoms with Crippen molar-refractivity contribution < 1.29 is 27.2 Å². The number of anilines is 1. The monoisotopic (exact) mass is 417 g/mol. The minimum atomic E-state index is -4.90. The fraction of sp³-hybridized carbons (Fsp3) is 0.0952. The van der Waals surface area contributed by atoms with Crippen molar-refractivity contribution >= 4 is 17.5 Å². The average molecular weight is 417 g/mol. The zero-order valence-corrected chi connectivity index (χ0v) is 15.3. The van der Waals surface area contributed by atoms with Crippen LogP contribution in [0.5, 0.6) is 0 Å². The van der Waals surface area contributed by atoms with Gasteiger partial charge < -0.3 is 10.6 Å². The van der Waals surface area contributed by atoms with Crippen LogP contribution in [-0.4, -0.2) is 16.8 Å². The Balaban J connectivity index is 1.66. The molecule has 0 spiro atoms. The van der Waals surface area contributed by atoms with Gasteiger partial charge >= 0.3 is 6.18 Å². The summed E-state index contributed by atoms with van der Waals surface area (Å²) in [6.45, 7) is -0.00344. The van der Waals surface area contributed by atoms with Gasteiger partial charge in [-0.1, -0.05) is 12.1 Å². The molecule has 0 atom stereocenters. The summed E-state index contributed by atoms with van der Waals surface area (Å²) in [6, 6.07) is 11.8. The van der Waals surface area contributed by atoms with Gasteiger partial charge in [-0.15, -0.1) is 0 Å². The highest BCUT2D eigenvalue weighted by Gasteiger charge is 2.34. The van der Waals surface area contributed by atoms with Crippen molar-refractivity contribution in [1.29, 1.82) is 0 Å². The normalized spacial score (nSPS) is 11.1. The van der Waals surface area contributed by atoms with Gasteiger partial charge in [0.1, 0.15) is 5.82 Å². The summed E-state index contributed by atoms with van der Waals surface area (Å²) in [6.07, 6.45) is -1.93. The van der Waals surface area contributed by atoms with Gasteiger partial charge in [0, 0.05) is 35.8 Å². The first-order chi connectivity index (χ1) is 14.2. The van der Waals surface area contributed by atoms with Gasteiger partial charge in [-0.3, -0.25) is 14.6 Å². The molecule has 0 saturated carbocycles. The molecular weight excluding hydrogens is 402 g/mol. The Morgan fingerprint density at radius 1 is 0.900 bits per heavy atom. The van der Waals surface area contributed by atoms with Crippen LogP contribution in [0.25, 0.3) is 0 Å². The molecule has 9 heteroatoms. The lowest BCUT2D eigenvalue weighted by Gasteiger charge is -2.11. The van der Waals surface area contributed by atoms with Crippen LogP contribution >= 0.6 is 0 Å². The van der Waals surface area contributed by atoms with Gasteiger partial charge in [0.15, 0.2) is 0 Å². The molecule has 5 nitrogen and oxygen atoms in total. The van der Waals surface area contributed by atoms with E-state index in [4.69, 9.17) is 0 Å². The molecule has 30 heavy (non-hydrogen) atoms. The van der Waals surface area contributed by atoms with E-state index in [9.17, 15) is 27.2 Å². The molecule has 0 aliphatic carbocycles. The Morgan fingerprint density at radius 3 is 2.33 bits per heavy atom. The molecule has 0 radical (unpaired) electrons. The molecule has 0 unspecified atom stereocenters. The van der Waals surface area contributed by atoms with E-state index in [0.29, 0.717) is 28.9 Å². The summed E-state index contributed by atoms with van der Waals surface area (Å²) in [5, 5.41) is 5.18. The number of aromatic nitrogens is 1. The Labute approximate surface area is 168 Å². The smallest absolute Gasteiger partial charge is 0.348 e. The van der Waals surface area contributed by atoms with Crippen molar-refractivity contribution in [3.05, 3.63) is 95.1 Å². The third-order valence-electron chi connectivity index (χ3n) is 4.11. The maximum atomic E-state index is 13.4. The predicted octanol–water partition coefficient (Wildman–Crippen LogP) is 4.42. The second-order valence-electron chi connectivity index (χ2n) is 6.27. The molecule has 0 aliphatic rings. The molecule has 2 aromatic carbocycles. The number of hydrogen-bond donors (Lipinski definition) is 2. The van der Waals surface area contributed by atoms with E-state index in [1.807, 2.05) is 0 Å². The highest BCUT2D eigenvalue weighted by atomic mass is 19.4. The maximum Gasteiger partial charge on any atom is 0.419 e. The summed E-state index contributed by atoms with van der Waals surface area (Å²) in [5.74, 6) is -2.58. The fourth-order valence-corrected chi connectivity index (χ4v) is 2.63. The lowest BCUT2D eigenvalue weighted by Crippen LogP contribution is -2.23. The summed E-state index contributed by atoms with van der Waals surface area (Å²) >= 11 is 0. The Bertz CT molecular complexity index is 1070. The Kier molecular flexibility index (Phi) is 6.10. The molecule has 2 N–H and O–H groups in total. The van der Waals surface area contributed by atoms with Crippen LogP contribution < -0.4 is 10.6 Å². The molecule has 0 bridgehead atoms. The van der Waals surface area contributed by atoms with E-state index in [0.717, 1.165) is 6.07 Å². The summed E-state index contributed by atoms with van der Waals surface area (Å²) in [5.41, 5.74) is -0.318. The van der Waals surface area contributed by atoms with Crippen molar-refractivity contribution in [1.82, 2.24) is 10.3 Å². The molecule has 2 amide bonds. The molecule has 3 aromatic rings. The minimum absolute atomic E-state index is 0.00344. The van der Waals surface area contributed by atoms with Gasteiger partial charge in [-0.25, -0.2) is 4.39 Å². The number of nitrogens with zero attached hydrogens (tertiary/aromatic N) is 1. The number of rotatable bonds is 5. The van der Waals surface area contributed by atoms with Crippen LogP contribution in [0.3, 0.4) is 0 Å². The number of carbonyl (C=O) groups excluding carboxylic acids is 2. The molecule has 3 rings (SSSR count). The van der Waals surface area contributed by atoms with Crippen molar-refractivity contribution in [2.45, 2.75) is 12.7 Å². The van der Waals surface area contributed by atoms with E-state index in [2.05, 4.69) is 15.6 Å². The lowest BCUT2D eigenvalue weighted by molar-refractivity contribution is -0.140. The molecule has 0 saturated heterocycles. The lowest BCUT2D eigenvalue weighted by atomic mass is 10.1. The van der Waals surface area contributed by atoms with Crippen molar-refractivity contribution in [3.8, 4) is 0 Å². The molecular formula is C21H15F4N3O2. The Hall–Kier alpha value is -3.75. The van der Waals surface area contributed by atoms with Gasteiger partial charge in [0.2, 0.25) is 0 Å². The number of amides is 2. The number of hydrogen-bond acceptors (Lipinski definition) is 3. The standard InChI is InChI=1S/C21H15F4N3O2/c22-18-5-4-15(11-17(18)21(23,24)25)19(29)27-12-13-2-1-3-16(10-13)28-20(30)14-6-8-26-9-7-14/h1-11H,12H2,(H,27,29)(H,28,30). The first-order valence-corrected chi connectivity index (χ1v) is 8.69. The number of alkyl halides is 3. The van der Waals surface area contributed by atoms with Crippen molar-refractivity contribution in [2.75, 3.05) is 5.32 Å². The summed E-state index contributed by atoms with van der Waals surface area (Å²) in [7, 11) is 0. The van der Waals surface area contributed by atoms with E-state index in [1.54, 1.807) is 36.4 Å². The van der Waals surface area contributed by atoms with Crippen LogP contribution in [0.2, 0.25) is 0 Å². The maximum absolute atomic E-state index is 13.4. The van der Waals surface area contributed by atoms with E-state index < -0.39 is 23.5 Å². The zero-order valence-electron chi connectivity index (χ0n) is 15.3. The third kappa shape index (κ3) is 5.19. The van der Waals surface area contributed by atoms with Gasteiger partial charge in [0.05, 0.1) is 5.56 Å². The topological polar surface area (TPSA) is 71.1 Å². The van der Waals surface area contributed by atoms with Gasteiger partial charge in [-0.2, -0.15) is 13.2 Å². The highest BCUT2D eigenvalue weighted by Crippen LogP contribution is 2.31. The Morgan fingerprint density at radius 2 is 1.63 bits per heavy atom. The van der Waals surface area contributed by atoms with Crippen LogP contribution in [-0.2, 0) is 12.7 Å². The minimum Gasteiger partial charge on any atom is -0.348 e. The first kappa shape index (κ1) is 21.0. The first-order valence-electron chi connectivity index (χ1n) is 8.69. The highest BCUT2D eigenvalue weighted by molar-refractivity contribution is 6.04. The van der Waals surface area contributed by atoms with E-state index in [1.165, 1.54) is 12.4 Å². The van der Waals surface area contributed by atoms with Crippen LogP contribution in [0, 0.1) is 5.82 Å². The van der Waals surface area contributed by atoms with Crippen LogP contribution in [0.1, 0.15) is 31.8 Å². The SMILES string of the molecule is O=C(NCc1cccc(NC(=O)c2ccncc2)c1)c1ccc(F)c(C(F)(F)F)c1. The van der Waals surface area contributed by atoms with Gasteiger partial charge in [0.25, 0.3) is 11.8 Å². The summed E-state index contributed by atoms with van der Waals surface area (Å²) in [4.78, 5) is 28.2. The fourth-order valence-electron chi connectivity index (χ4n) is 2.63. The average Bonchev–Trinajstić information content (AvgIpc) is 2.72. The number of carbonyl (C=O) groups is 2. The molecule has 1 heterocycles.